The van der Waals surface area contributed by atoms with Crippen LogP contribution in [-0.4, -0.2) is 7.92 Å². The minimum Gasteiger partial charge on any atom is -0.344 e. The molecule has 0 amide bonds. The number of hydrogen-bond acceptors (Lipinski definition) is 4. The Morgan fingerprint density at radius 1 is 1.14 bits per heavy atom. The van der Waals surface area contributed by atoms with Gasteiger partial charge in [0.25, 0.3) is 0 Å². The molecular weight excluding hydrogens is 393 g/mol. The molecule has 3 N–H and O–H groups in total. The fourth-order valence-electron chi connectivity index (χ4n) is 0.365. The highest BCUT2D eigenvalue weighted by atomic mass is 35.9. The van der Waals surface area contributed by atoms with E-state index < -0.39 is 21.1 Å². The van der Waals surface area contributed by atoms with Crippen molar-refractivity contribution < 1.29 is 0 Å². The average molecular weight is 399 g/mol. The average Bonchev–Trinajstić information content (AvgIpc) is 1.97. The molecule has 0 aromatic heterocycles. The molecular formula is H6Cl6N4P4. The minimum atomic E-state index is -2.74. The predicted octanol–water partition coefficient (Wildman–Crippen LogP) is 6.49. The van der Waals surface area contributed by atoms with Gasteiger partial charge in [0, 0.05) is 0 Å². The molecule has 0 bridgehead atoms. The summed E-state index contributed by atoms with van der Waals surface area (Å²) in [6, 6.07) is 0. The van der Waals surface area contributed by atoms with Crippen LogP contribution < -0.4 is 6.15 Å². The third kappa shape index (κ3) is 4.43. The maximum atomic E-state index is 5.78. The summed E-state index contributed by atoms with van der Waals surface area (Å²) in [6.07, 6.45) is 0. The lowest BCUT2D eigenvalue weighted by Gasteiger charge is -2.33. The van der Waals surface area contributed by atoms with E-state index in [1.807, 2.05) is 0 Å². The Morgan fingerprint density at radius 3 is 2.00 bits per heavy atom. The van der Waals surface area contributed by atoms with Gasteiger partial charge in [0.15, 0.2) is 7.58 Å². The van der Waals surface area contributed by atoms with E-state index in [1.54, 1.807) is 0 Å². The van der Waals surface area contributed by atoms with E-state index in [0.717, 1.165) is 7.92 Å². The molecule has 0 spiro atoms. The van der Waals surface area contributed by atoms with E-state index >= 15 is 0 Å². The summed E-state index contributed by atoms with van der Waals surface area (Å²) >= 11 is 34.3. The lowest BCUT2D eigenvalue weighted by Crippen LogP contribution is -2.05. The van der Waals surface area contributed by atoms with Gasteiger partial charge in [-0.25, -0.2) is 4.52 Å². The lowest BCUT2D eigenvalue weighted by atomic mass is 13.8. The summed E-state index contributed by atoms with van der Waals surface area (Å²) < 4.78 is 5.98. The Morgan fingerprint density at radius 2 is 1.57 bits per heavy atom. The van der Waals surface area contributed by atoms with Crippen LogP contribution in [0.5, 0.6) is 0 Å². The standard InChI is InChI=1S/Cl6N3P3.H3N.H3P/c1-8-10(3)7-12(5,6)9(2)11(8)4;;/h;2*1H3. The molecule has 0 aromatic carbocycles. The SMILES string of the molecule is ClN1P(Cl)N=P(Cl)(Cl)N(Cl)P1Cl.N.P. The largest absolute Gasteiger partial charge is 0.344 e. The molecule has 3 atom stereocenters. The molecule has 14 heavy (non-hydrogen) atoms. The van der Waals surface area contributed by atoms with Gasteiger partial charge in [0.2, 0.25) is 13.5 Å². The van der Waals surface area contributed by atoms with Gasteiger partial charge in [0.1, 0.15) is 0 Å². The van der Waals surface area contributed by atoms with Gasteiger partial charge in [-0.1, -0.05) is 11.2 Å². The molecule has 0 fully saturated rings. The smallest absolute Gasteiger partial charge is 0.231 e. The van der Waals surface area contributed by atoms with E-state index in [4.69, 9.17) is 68.5 Å². The van der Waals surface area contributed by atoms with Gasteiger partial charge < -0.3 is 6.15 Å². The number of halogens is 6. The quantitative estimate of drug-likeness (QED) is 0.375. The van der Waals surface area contributed by atoms with Crippen LogP contribution in [0, 0.1) is 0 Å². The monoisotopic (exact) mass is 396 g/mol. The highest BCUT2D eigenvalue weighted by Crippen LogP contribution is 2.85. The molecule has 4 nitrogen and oxygen atoms in total. The molecule has 0 radical (unpaired) electrons. The number of nitrogens with zero attached hydrogens (tertiary/aromatic N) is 3. The lowest BCUT2D eigenvalue weighted by molar-refractivity contribution is 1.06. The highest BCUT2D eigenvalue weighted by Gasteiger charge is 2.41. The summed E-state index contributed by atoms with van der Waals surface area (Å²) in [5.74, 6) is -2.74. The Bertz CT molecular complexity index is 228. The molecule has 1 aliphatic heterocycles. The summed E-state index contributed by atoms with van der Waals surface area (Å²) in [5.41, 5.74) is 0. The molecule has 0 aliphatic carbocycles. The first-order valence-electron chi connectivity index (χ1n) is 2.21. The predicted molar refractivity (Wildman–Crippen MR) is 78.1 cm³/mol. The van der Waals surface area contributed by atoms with Crippen molar-refractivity contribution in [1.29, 1.82) is 0 Å². The second-order valence-electron chi connectivity index (χ2n) is 1.51. The first-order chi connectivity index (χ1) is 5.36. The summed E-state index contributed by atoms with van der Waals surface area (Å²) in [6.45, 7) is 0. The van der Waals surface area contributed by atoms with Gasteiger partial charge in [-0.15, -0.1) is 7.92 Å². The van der Waals surface area contributed by atoms with Crippen molar-refractivity contribution in [2.24, 2.45) is 4.52 Å². The van der Waals surface area contributed by atoms with Crippen LogP contribution in [0.15, 0.2) is 4.52 Å². The van der Waals surface area contributed by atoms with Crippen LogP contribution in [0.4, 0.5) is 0 Å². The number of rotatable bonds is 0. The van der Waals surface area contributed by atoms with Crippen LogP contribution in [0.3, 0.4) is 0 Å². The molecule has 3 unspecified atom stereocenters. The van der Waals surface area contributed by atoms with E-state index in [0.29, 0.717) is 0 Å². The third-order valence-corrected chi connectivity index (χ3v) is 14.5. The van der Waals surface area contributed by atoms with Gasteiger partial charge in [-0.05, 0) is 57.3 Å². The second kappa shape index (κ2) is 7.55. The third-order valence-electron chi connectivity index (χ3n) is 0.789. The zero-order valence-corrected chi connectivity index (χ0v) is 15.0. The van der Waals surface area contributed by atoms with Crippen LogP contribution in [-0.2, 0) is 0 Å². The molecule has 0 aromatic rings. The topological polar surface area (TPSA) is 53.8 Å². The minimum absolute atomic E-state index is 0. The van der Waals surface area contributed by atoms with Crippen molar-refractivity contribution in [2.75, 3.05) is 0 Å². The summed E-state index contributed by atoms with van der Waals surface area (Å²) in [5, 5.41) is 0. The molecule has 1 aliphatic rings. The highest BCUT2D eigenvalue weighted by molar-refractivity contribution is 8.18. The molecule has 88 valence electrons. The number of hydrogen-bond donors (Lipinski definition) is 1. The Hall–Kier alpha value is 3.14. The van der Waals surface area contributed by atoms with Crippen molar-refractivity contribution in [3.8, 4) is 0 Å². The molecule has 14 heteroatoms. The maximum absolute atomic E-state index is 5.78. The first kappa shape index (κ1) is 19.5. The molecule has 1 heterocycles. The summed E-state index contributed by atoms with van der Waals surface area (Å²) in [4.78, 5) is 0. The Labute approximate surface area is 117 Å². The normalized spacial score (nSPS) is 32.4. The first-order valence-corrected chi connectivity index (χ1v) is 10.7. The molecule has 1 rings (SSSR count). The van der Waals surface area contributed by atoms with Gasteiger partial charge in [-0.2, -0.15) is 9.90 Å². The molecule has 0 saturated carbocycles. The Balaban J connectivity index is 0. The molecule has 0 saturated heterocycles. The zero-order valence-electron chi connectivity index (χ0n) is 6.37. The van der Waals surface area contributed by atoms with Crippen molar-refractivity contribution in [2.45, 2.75) is 0 Å². The van der Waals surface area contributed by atoms with Gasteiger partial charge in [-0.3, -0.25) is 0 Å². The second-order valence-corrected chi connectivity index (χ2v) is 13.1. The fraction of sp³-hybridized carbons (Fsp3) is 0. The van der Waals surface area contributed by atoms with Crippen molar-refractivity contribution in [3.05, 3.63) is 0 Å². The van der Waals surface area contributed by atoms with E-state index in [1.165, 1.54) is 0 Å². The summed E-state index contributed by atoms with van der Waals surface area (Å²) in [7, 11) is -2.94. The van der Waals surface area contributed by atoms with Crippen LogP contribution >= 0.6 is 99.5 Å². The van der Waals surface area contributed by atoms with Gasteiger partial charge >= 0.3 is 0 Å². The van der Waals surface area contributed by atoms with Crippen molar-refractivity contribution >= 4 is 99.5 Å². The van der Waals surface area contributed by atoms with Gasteiger partial charge in [0.05, 0.1) is 0 Å². The zero-order chi connectivity index (χ0) is 9.52. The van der Waals surface area contributed by atoms with Crippen LogP contribution in [0.1, 0.15) is 0 Å². The van der Waals surface area contributed by atoms with Crippen molar-refractivity contribution in [3.63, 3.8) is 0 Å². The van der Waals surface area contributed by atoms with E-state index in [2.05, 4.69) is 4.52 Å². The fourth-order valence-corrected chi connectivity index (χ4v) is 12.4. The van der Waals surface area contributed by atoms with Crippen LogP contribution in [0.2, 0.25) is 0 Å². The van der Waals surface area contributed by atoms with E-state index in [9.17, 15) is 0 Å². The van der Waals surface area contributed by atoms with Crippen LogP contribution in [0.25, 0.3) is 0 Å². The van der Waals surface area contributed by atoms with Crippen molar-refractivity contribution in [1.82, 2.24) is 14.1 Å². The Kier molecular flexibility index (Phi) is 10.5. The van der Waals surface area contributed by atoms with E-state index in [-0.39, 0.29) is 16.0 Å². The maximum Gasteiger partial charge on any atom is 0.231 e.